The van der Waals surface area contributed by atoms with E-state index >= 15 is 0 Å². The summed E-state index contributed by atoms with van der Waals surface area (Å²) in [6, 6.07) is 4.68. The first kappa shape index (κ1) is 19.7. The molecule has 1 aliphatic rings. The molecule has 1 fully saturated rings. The van der Waals surface area contributed by atoms with E-state index in [-0.39, 0.29) is 0 Å². The Bertz CT molecular complexity index is 1210. The van der Waals surface area contributed by atoms with Crippen molar-refractivity contribution >= 4 is 27.2 Å². The van der Waals surface area contributed by atoms with Gasteiger partial charge in [-0.25, -0.2) is 9.50 Å². The number of hydrogen-bond acceptors (Lipinski definition) is 6. The van der Waals surface area contributed by atoms with Crippen LogP contribution in [0.1, 0.15) is 48.9 Å². The number of pyridine rings is 1. The Morgan fingerprint density at radius 2 is 2.13 bits per heavy atom. The predicted molar refractivity (Wildman–Crippen MR) is 121 cm³/mol. The smallest absolute Gasteiger partial charge is 0.158 e. The van der Waals surface area contributed by atoms with E-state index in [0.29, 0.717) is 12.0 Å². The molecule has 4 aromatic heterocycles. The Labute approximate surface area is 179 Å². The number of hydrogen-bond donors (Lipinski definition) is 3. The Morgan fingerprint density at radius 3 is 2.90 bits per heavy atom. The van der Waals surface area contributed by atoms with Gasteiger partial charge in [0.1, 0.15) is 12.6 Å². The fraction of sp³-hybridized carbons (Fsp3) is 0.455. The number of aromatic amines is 1. The van der Waals surface area contributed by atoms with Crippen LogP contribution in [-0.4, -0.2) is 55.3 Å². The molecule has 8 heteroatoms. The van der Waals surface area contributed by atoms with Crippen LogP contribution in [0.25, 0.3) is 27.1 Å². The number of fused-ring (bicyclic) bond motifs is 2. The molecule has 1 saturated heterocycles. The van der Waals surface area contributed by atoms with Crippen LogP contribution in [-0.2, 0) is 0 Å². The second-order valence-corrected chi connectivity index (χ2v) is 9.71. The summed E-state index contributed by atoms with van der Waals surface area (Å²) in [6.45, 7) is 11.3. The van der Waals surface area contributed by atoms with Crippen LogP contribution < -0.4 is 5.32 Å². The van der Waals surface area contributed by atoms with E-state index in [4.69, 9.17) is 0 Å². The number of aryl methyl sites for hydroxylation is 1. The number of aliphatic hydroxyl groups is 1. The first-order chi connectivity index (χ1) is 14.4. The fourth-order valence-corrected chi connectivity index (χ4v) is 5.85. The fourth-order valence-electron chi connectivity index (χ4n) is 4.52. The minimum atomic E-state index is -0.558. The summed E-state index contributed by atoms with van der Waals surface area (Å²) in [5.74, 6) is 0.350. The number of nitrogens with one attached hydrogen (secondary N) is 2. The van der Waals surface area contributed by atoms with Gasteiger partial charge >= 0.3 is 0 Å². The zero-order valence-corrected chi connectivity index (χ0v) is 18.6. The van der Waals surface area contributed by atoms with Crippen molar-refractivity contribution in [2.45, 2.75) is 45.9 Å². The summed E-state index contributed by atoms with van der Waals surface area (Å²) >= 11 is 1.70. The van der Waals surface area contributed by atoms with Gasteiger partial charge in [0.25, 0.3) is 0 Å². The van der Waals surface area contributed by atoms with E-state index in [1.165, 1.54) is 10.3 Å². The number of aliphatic hydroxyl groups excluding tert-OH is 1. The molecule has 1 unspecified atom stereocenters. The predicted octanol–water partition coefficient (Wildman–Crippen LogP) is 3.66. The molecule has 2 atom stereocenters. The molecule has 0 saturated carbocycles. The maximum atomic E-state index is 11.0. The highest BCUT2D eigenvalue weighted by Crippen LogP contribution is 2.42. The molecule has 0 bridgehead atoms. The SMILES string of the molecule is Cc1cc(-c2[nH]c3cc(C(O)N4CCN[C@@H](C)C4)sc3c2C(C)C)cn2ncnc12. The highest BCUT2D eigenvalue weighted by Gasteiger charge is 2.26. The molecule has 0 radical (unpaired) electrons. The molecule has 1 aliphatic heterocycles. The van der Waals surface area contributed by atoms with Crippen molar-refractivity contribution < 1.29 is 5.11 Å². The topological polar surface area (TPSA) is 81.5 Å². The van der Waals surface area contributed by atoms with Gasteiger partial charge in [-0.2, -0.15) is 5.10 Å². The summed E-state index contributed by atoms with van der Waals surface area (Å²) in [6.07, 6.45) is 3.07. The highest BCUT2D eigenvalue weighted by molar-refractivity contribution is 7.19. The highest BCUT2D eigenvalue weighted by atomic mass is 32.1. The zero-order valence-electron chi connectivity index (χ0n) is 17.8. The maximum Gasteiger partial charge on any atom is 0.158 e. The summed E-state index contributed by atoms with van der Waals surface area (Å²) in [5, 5.41) is 18.8. The molecule has 4 aromatic rings. The molecule has 3 N–H and O–H groups in total. The second kappa shape index (κ2) is 7.46. The summed E-state index contributed by atoms with van der Waals surface area (Å²) in [5.41, 5.74) is 6.60. The molecule has 0 spiro atoms. The van der Waals surface area contributed by atoms with Gasteiger partial charge in [-0.1, -0.05) is 13.8 Å². The van der Waals surface area contributed by atoms with Crippen molar-refractivity contribution in [3.05, 3.63) is 40.7 Å². The largest absolute Gasteiger partial charge is 0.373 e. The number of piperazine rings is 1. The third kappa shape index (κ3) is 3.24. The van der Waals surface area contributed by atoms with Gasteiger partial charge < -0.3 is 15.4 Å². The Kier molecular flexibility index (Phi) is 4.89. The minimum absolute atomic E-state index is 0.350. The van der Waals surface area contributed by atoms with Crippen LogP contribution >= 0.6 is 11.3 Å². The van der Waals surface area contributed by atoms with Gasteiger partial charge in [-0.05, 0) is 43.0 Å². The zero-order chi connectivity index (χ0) is 21.0. The van der Waals surface area contributed by atoms with E-state index in [2.05, 4.69) is 65.1 Å². The number of nitrogens with zero attached hydrogens (tertiary/aromatic N) is 4. The normalized spacial score (nSPS) is 19.3. The lowest BCUT2D eigenvalue weighted by Crippen LogP contribution is -2.50. The number of rotatable bonds is 4. The first-order valence-corrected chi connectivity index (χ1v) is 11.3. The van der Waals surface area contributed by atoms with Gasteiger partial charge in [-0.3, -0.25) is 4.90 Å². The van der Waals surface area contributed by atoms with Gasteiger partial charge in [0.2, 0.25) is 0 Å². The van der Waals surface area contributed by atoms with Crippen molar-refractivity contribution in [2.24, 2.45) is 0 Å². The molecule has 5 rings (SSSR count). The molecular formula is C22H28N6OS. The molecule has 0 aliphatic carbocycles. The Balaban J connectivity index is 1.57. The van der Waals surface area contributed by atoms with Crippen LogP contribution in [0, 0.1) is 6.92 Å². The molecule has 30 heavy (non-hydrogen) atoms. The van der Waals surface area contributed by atoms with E-state index in [1.807, 2.05) is 10.7 Å². The molecule has 5 heterocycles. The summed E-state index contributed by atoms with van der Waals surface area (Å²) in [7, 11) is 0. The summed E-state index contributed by atoms with van der Waals surface area (Å²) in [4.78, 5) is 11.1. The van der Waals surface area contributed by atoms with Crippen LogP contribution in [0.15, 0.2) is 24.7 Å². The lowest BCUT2D eigenvalue weighted by atomic mass is 9.99. The minimum Gasteiger partial charge on any atom is -0.373 e. The lowest BCUT2D eigenvalue weighted by molar-refractivity contribution is -0.0112. The Hall–Kier alpha value is -2.26. The monoisotopic (exact) mass is 424 g/mol. The van der Waals surface area contributed by atoms with E-state index in [9.17, 15) is 5.11 Å². The van der Waals surface area contributed by atoms with Crippen molar-refractivity contribution in [3.8, 4) is 11.3 Å². The third-order valence-electron chi connectivity index (χ3n) is 5.95. The third-order valence-corrected chi connectivity index (χ3v) is 7.16. The molecule has 158 valence electrons. The van der Waals surface area contributed by atoms with Gasteiger partial charge in [0.15, 0.2) is 5.65 Å². The van der Waals surface area contributed by atoms with E-state index < -0.39 is 6.23 Å². The van der Waals surface area contributed by atoms with Crippen molar-refractivity contribution in [3.63, 3.8) is 0 Å². The number of aromatic nitrogens is 4. The van der Waals surface area contributed by atoms with Crippen molar-refractivity contribution in [1.82, 2.24) is 29.8 Å². The average molecular weight is 425 g/mol. The van der Waals surface area contributed by atoms with Crippen molar-refractivity contribution in [1.29, 1.82) is 0 Å². The molecular weight excluding hydrogens is 396 g/mol. The maximum absolute atomic E-state index is 11.0. The first-order valence-electron chi connectivity index (χ1n) is 10.5. The van der Waals surface area contributed by atoms with Crippen LogP contribution in [0.3, 0.4) is 0 Å². The van der Waals surface area contributed by atoms with Crippen LogP contribution in [0.2, 0.25) is 0 Å². The van der Waals surface area contributed by atoms with Crippen LogP contribution in [0.4, 0.5) is 0 Å². The summed E-state index contributed by atoms with van der Waals surface area (Å²) < 4.78 is 3.07. The van der Waals surface area contributed by atoms with Crippen molar-refractivity contribution in [2.75, 3.05) is 19.6 Å². The average Bonchev–Trinajstić information content (AvgIpc) is 3.40. The Morgan fingerprint density at radius 1 is 1.30 bits per heavy atom. The molecule has 0 aromatic carbocycles. The van der Waals surface area contributed by atoms with E-state index in [1.54, 1.807) is 17.7 Å². The van der Waals surface area contributed by atoms with Gasteiger partial charge in [-0.15, -0.1) is 11.3 Å². The number of H-pyrrole nitrogens is 1. The molecule has 7 nitrogen and oxygen atoms in total. The van der Waals surface area contributed by atoms with E-state index in [0.717, 1.165) is 52.5 Å². The number of thiophene rings is 1. The lowest BCUT2D eigenvalue weighted by Gasteiger charge is -2.34. The quantitative estimate of drug-likeness (QED) is 0.466. The van der Waals surface area contributed by atoms with Gasteiger partial charge in [0.05, 0.1) is 20.8 Å². The van der Waals surface area contributed by atoms with Crippen LogP contribution in [0.5, 0.6) is 0 Å². The second-order valence-electron chi connectivity index (χ2n) is 8.62. The standard InChI is InChI=1S/C22H28N6OS/c1-12(2)18-19(15-7-13(3)21-24-11-25-28(21)10-15)26-16-8-17(30-20(16)18)22(29)27-6-5-23-14(4)9-27/h7-8,10-12,14,22-23,26,29H,5-6,9H2,1-4H3/t14-,22?/m0/s1. The van der Waals surface area contributed by atoms with Gasteiger partial charge in [0, 0.05) is 37.4 Å². The molecule has 0 amide bonds.